The maximum Gasteiger partial charge on any atom is 0.337 e. The Bertz CT molecular complexity index is 1200. The van der Waals surface area contributed by atoms with Crippen LogP contribution < -0.4 is 10.2 Å². The number of hydrogen-bond acceptors (Lipinski definition) is 4. The standard InChI is InChI=1S/C22H19BrClN3O4/c1-12-8-14(11-25-26-21(28)18-9-15(23)4-7-20(18)31-3)13(2)27(12)16-5-6-19(24)17(10-16)22(29)30/h4-11H,1-3H3,(H,26,28)(H,29,30)/b25-11+. The van der Waals surface area contributed by atoms with E-state index < -0.39 is 11.9 Å². The number of methoxy groups -OCH3 is 1. The van der Waals surface area contributed by atoms with Gasteiger partial charge in [0.1, 0.15) is 5.75 Å². The number of nitrogens with one attached hydrogen (secondary N) is 1. The van der Waals surface area contributed by atoms with Gasteiger partial charge in [0, 0.05) is 27.1 Å². The summed E-state index contributed by atoms with van der Waals surface area (Å²) >= 11 is 9.32. The van der Waals surface area contributed by atoms with E-state index in [-0.39, 0.29) is 10.6 Å². The molecule has 0 aliphatic rings. The lowest BCUT2D eigenvalue weighted by atomic mass is 10.2. The average molecular weight is 505 g/mol. The van der Waals surface area contributed by atoms with Crippen LogP contribution in [0.1, 0.15) is 37.7 Å². The molecule has 0 saturated heterocycles. The molecule has 1 aromatic heterocycles. The largest absolute Gasteiger partial charge is 0.496 e. The van der Waals surface area contributed by atoms with Gasteiger partial charge in [-0.2, -0.15) is 5.10 Å². The molecule has 0 radical (unpaired) electrons. The maximum atomic E-state index is 12.5. The van der Waals surface area contributed by atoms with Gasteiger partial charge in [0.25, 0.3) is 5.91 Å². The number of carbonyl (C=O) groups is 2. The normalized spacial score (nSPS) is 11.0. The topological polar surface area (TPSA) is 92.9 Å². The second-order valence-electron chi connectivity index (χ2n) is 6.67. The van der Waals surface area contributed by atoms with E-state index in [0.29, 0.717) is 17.0 Å². The number of rotatable bonds is 6. The van der Waals surface area contributed by atoms with E-state index in [9.17, 15) is 14.7 Å². The summed E-state index contributed by atoms with van der Waals surface area (Å²) in [5.41, 5.74) is 6.01. The molecule has 1 heterocycles. The predicted molar refractivity (Wildman–Crippen MR) is 123 cm³/mol. The number of aromatic nitrogens is 1. The summed E-state index contributed by atoms with van der Waals surface area (Å²) in [4.78, 5) is 23.9. The van der Waals surface area contributed by atoms with Crippen LogP contribution in [0.5, 0.6) is 5.75 Å². The van der Waals surface area contributed by atoms with E-state index in [1.807, 2.05) is 24.5 Å². The second kappa shape index (κ2) is 9.36. The molecule has 2 aromatic carbocycles. The highest BCUT2D eigenvalue weighted by molar-refractivity contribution is 9.10. The number of carbonyl (C=O) groups excluding carboxylic acids is 1. The third kappa shape index (κ3) is 4.81. The number of ether oxygens (including phenoxy) is 1. The highest BCUT2D eigenvalue weighted by atomic mass is 79.9. The van der Waals surface area contributed by atoms with Crippen LogP contribution in [-0.2, 0) is 0 Å². The van der Waals surface area contributed by atoms with Gasteiger partial charge in [-0.3, -0.25) is 4.79 Å². The summed E-state index contributed by atoms with van der Waals surface area (Å²) in [6.07, 6.45) is 1.54. The van der Waals surface area contributed by atoms with E-state index in [1.165, 1.54) is 19.4 Å². The zero-order valence-corrected chi connectivity index (χ0v) is 19.3. The summed E-state index contributed by atoms with van der Waals surface area (Å²) < 4.78 is 7.86. The lowest BCUT2D eigenvalue weighted by Crippen LogP contribution is -2.18. The number of aromatic carboxylic acids is 1. The Hall–Kier alpha value is -3.10. The molecule has 0 unspecified atom stereocenters. The summed E-state index contributed by atoms with van der Waals surface area (Å²) in [5, 5.41) is 13.6. The lowest BCUT2D eigenvalue weighted by Gasteiger charge is -2.11. The first kappa shape index (κ1) is 22.6. The predicted octanol–water partition coefficient (Wildman–Crippen LogP) is 4.98. The quantitative estimate of drug-likeness (QED) is 0.366. The fourth-order valence-electron chi connectivity index (χ4n) is 3.21. The lowest BCUT2D eigenvalue weighted by molar-refractivity contribution is 0.0696. The van der Waals surface area contributed by atoms with Crippen LogP contribution >= 0.6 is 27.5 Å². The van der Waals surface area contributed by atoms with E-state index in [4.69, 9.17) is 16.3 Å². The van der Waals surface area contributed by atoms with Gasteiger partial charge in [-0.05, 0) is 56.3 Å². The van der Waals surface area contributed by atoms with Crippen molar-refractivity contribution in [1.29, 1.82) is 0 Å². The van der Waals surface area contributed by atoms with Gasteiger partial charge in [-0.15, -0.1) is 0 Å². The number of amides is 1. The molecule has 31 heavy (non-hydrogen) atoms. The summed E-state index contributed by atoms with van der Waals surface area (Å²) in [6.45, 7) is 3.77. The van der Waals surface area contributed by atoms with Gasteiger partial charge >= 0.3 is 5.97 Å². The first-order valence-electron chi connectivity index (χ1n) is 9.12. The smallest absolute Gasteiger partial charge is 0.337 e. The van der Waals surface area contributed by atoms with E-state index in [1.54, 1.807) is 30.3 Å². The Kier molecular flexibility index (Phi) is 6.82. The molecule has 3 rings (SSSR count). The molecule has 0 saturated carbocycles. The van der Waals surface area contributed by atoms with Crippen molar-refractivity contribution < 1.29 is 19.4 Å². The van der Waals surface area contributed by atoms with Crippen LogP contribution in [0.3, 0.4) is 0 Å². The molecule has 0 aliphatic carbocycles. The number of nitrogens with zero attached hydrogens (tertiary/aromatic N) is 2. The number of carboxylic acids is 1. The molecule has 0 bridgehead atoms. The SMILES string of the molecule is COc1ccc(Br)cc1C(=O)N/N=C/c1cc(C)n(-c2ccc(Cl)c(C(=O)O)c2)c1C. The molecule has 1 amide bonds. The summed E-state index contributed by atoms with van der Waals surface area (Å²) in [5.74, 6) is -1.07. The molecule has 0 spiro atoms. The molecular formula is C22H19BrClN3O4. The summed E-state index contributed by atoms with van der Waals surface area (Å²) in [7, 11) is 1.49. The van der Waals surface area contributed by atoms with Crippen LogP contribution in [-0.4, -0.2) is 34.9 Å². The number of hydrogen-bond donors (Lipinski definition) is 2. The highest BCUT2D eigenvalue weighted by Gasteiger charge is 2.15. The maximum absolute atomic E-state index is 12.5. The molecule has 0 atom stereocenters. The molecule has 3 aromatic rings. The second-order valence-corrected chi connectivity index (χ2v) is 8.00. The molecule has 7 nitrogen and oxygen atoms in total. The van der Waals surface area contributed by atoms with Crippen molar-refractivity contribution in [2.24, 2.45) is 5.10 Å². The zero-order valence-electron chi connectivity index (χ0n) is 16.9. The minimum Gasteiger partial charge on any atom is -0.496 e. The Labute approximate surface area is 192 Å². The van der Waals surface area contributed by atoms with Gasteiger partial charge < -0.3 is 14.4 Å². The minimum absolute atomic E-state index is 0.0251. The van der Waals surface area contributed by atoms with Crippen molar-refractivity contribution in [2.45, 2.75) is 13.8 Å². The van der Waals surface area contributed by atoms with E-state index in [2.05, 4.69) is 26.5 Å². The van der Waals surface area contributed by atoms with Gasteiger partial charge in [-0.1, -0.05) is 27.5 Å². The van der Waals surface area contributed by atoms with Crippen LogP contribution in [0.2, 0.25) is 5.02 Å². The van der Waals surface area contributed by atoms with Crippen molar-refractivity contribution in [3.05, 3.63) is 80.0 Å². The Balaban J connectivity index is 1.86. The molecule has 9 heteroatoms. The van der Waals surface area contributed by atoms with Gasteiger partial charge in [0.15, 0.2) is 0 Å². The third-order valence-corrected chi connectivity index (χ3v) is 5.51. The monoisotopic (exact) mass is 503 g/mol. The highest BCUT2D eigenvalue weighted by Crippen LogP contribution is 2.25. The number of halogens is 2. The van der Waals surface area contributed by atoms with Crippen LogP contribution in [0.25, 0.3) is 5.69 Å². The number of carboxylic acid groups (broad SMARTS) is 1. The molecule has 2 N–H and O–H groups in total. The number of hydrazone groups is 1. The average Bonchev–Trinajstić information content (AvgIpc) is 3.01. The van der Waals surface area contributed by atoms with Crippen molar-refractivity contribution in [3.63, 3.8) is 0 Å². The summed E-state index contributed by atoms with van der Waals surface area (Å²) in [6, 6.07) is 11.8. The Morgan fingerprint density at radius 3 is 2.58 bits per heavy atom. The first-order chi connectivity index (χ1) is 14.7. The molecule has 0 fully saturated rings. The fraction of sp³-hybridized carbons (Fsp3) is 0.136. The van der Waals surface area contributed by atoms with E-state index >= 15 is 0 Å². The van der Waals surface area contributed by atoms with Crippen molar-refractivity contribution >= 4 is 45.6 Å². The molecular weight excluding hydrogens is 486 g/mol. The van der Waals surface area contributed by atoms with E-state index in [0.717, 1.165) is 21.4 Å². The Morgan fingerprint density at radius 1 is 1.16 bits per heavy atom. The van der Waals surface area contributed by atoms with Gasteiger partial charge in [-0.25, -0.2) is 10.2 Å². The fourth-order valence-corrected chi connectivity index (χ4v) is 3.77. The molecule has 160 valence electrons. The zero-order chi connectivity index (χ0) is 22.7. The van der Waals surface area contributed by atoms with Crippen molar-refractivity contribution in [1.82, 2.24) is 9.99 Å². The van der Waals surface area contributed by atoms with Crippen molar-refractivity contribution in [2.75, 3.05) is 7.11 Å². The minimum atomic E-state index is -1.10. The number of aryl methyl sites for hydroxylation is 1. The van der Waals surface area contributed by atoms with Crippen LogP contribution in [0, 0.1) is 13.8 Å². The Morgan fingerprint density at radius 2 is 1.90 bits per heavy atom. The first-order valence-corrected chi connectivity index (χ1v) is 10.3. The van der Waals surface area contributed by atoms with Gasteiger partial charge in [0.05, 0.1) is 29.5 Å². The van der Waals surface area contributed by atoms with Crippen molar-refractivity contribution in [3.8, 4) is 11.4 Å². The van der Waals surface area contributed by atoms with Crippen LogP contribution in [0.4, 0.5) is 0 Å². The van der Waals surface area contributed by atoms with Crippen LogP contribution in [0.15, 0.2) is 52.0 Å². The van der Waals surface area contributed by atoms with Gasteiger partial charge in [0.2, 0.25) is 0 Å². The molecule has 0 aliphatic heterocycles. The number of benzene rings is 2. The third-order valence-electron chi connectivity index (χ3n) is 4.68.